The number of aromatic nitrogens is 1. The first kappa shape index (κ1) is 19.0. The zero-order valence-corrected chi connectivity index (χ0v) is 15.1. The van der Waals surface area contributed by atoms with Crippen LogP contribution in [0, 0.1) is 13.8 Å². The minimum Gasteiger partial charge on any atom is -0.481 e. The molecule has 1 aromatic heterocycles. The van der Waals surface area contributed by atoms with Crippen molar-refractivity contribution in [1.82, 2.24) is 9.88 Å². The molecule has 0 aliphatic carbocycles. The summed E-state index contributed by atoms with van der Waals surface area (Å²) in [6.07, 6.45) is 1.36. The van der Waals surface area contributed by atoms with Crippen molar-refractivity contribution in [2.24, 2.45) is 0 Å². The van der Waals surface area contributed by atoms with Crippen LogP contribution in [0.25, 0.3) is 10.9 Å². The molecule has 6 heteroatoms. The number of benzene rings is 1. The van der Waals surface area contributed by atoms with Crippen molar-refractivity contribution in [2.75, 3.05) is 20.3 Å². The number of rotatable bonds is 9. The monoisotopic (exact) mass is 346 g/mol. The van der Waals surface area contributed by atoms with Crippen LogP contribution in [0.15, 0.2) is 18.2 Å². The molecule has 2 N–H and O–H groups in total. The third-order valence-electron chi connectivity index (χ3n) is 4.52. The van der Waals surface area contributed by atoms with E-state index in [2.05, 4.69) is 23.7 Å². The average molecular weight is 346 g/mol. The van der Waals surface area contributed by atoms with E-state index in [0.717, 1.165) is 17.4 Å². The van der Waals surface area contributed by atoms with Crippen LogP contribution in [0.1, 0.15) is 40.9 Å². The summed E-state index contributed by atoms with van der Waals surface area (Å²) < 4.78 is 7.39. The zero-order valence-electron chi connectivity index (χ0n) is 15.1. The molecule has 6 nitrogen and oxygen atoms in total. The molecule has 0 fully saturated rings. The van der Waals surface area contributed by atoms with Crippen LogP contribution in [-0.4, -0.2) is 41.8 Å². The third-order valence-corrected chi connectivity index (χ3v) is 4.52. The summed E-state index contributed by atoms with van der Waals surface area (Å²) in [5.74, 6) is -0.931. The molecule has 0 saturated carbocycles. The summed E-state index contributed by atoms with van der Waals surface area (Å²) in [6, 6.07) is 5.73. The number of hydrogen-bond donors (Lipinski definition) is 2. The molecule has 0 atom stereocenters. The quantitative estimate of drug-likeness (QED) is 0.684. The maximum atomic E-state index is 12.3. The predicted molar refractivity (Wildman–Crippen MR) is 97.1 cm³/mol. The van der Waals surface area contributed by atoms with Gasteiger partial charge in [0.25, 0.3) is 5.91 Å². The van der Waals surface area contributed by atoms with E-state index in [1.54, 1.807) is 7.11 Å². The summed E-state index contributed by atoms with van der Waals surface area (Å²) in [5, 5.41) is 12.5. The van der Waals surface area contributed by atoms with Crippen LogP contribution in [0.5, 0.6) is 0 Å². The highest BCUT2D eigenvalue weighted by Gasteiger charge is 2.13. The van der Waals surface area contributed by atoms with Gasteiger partial charge in [0, 0.05) is 48.8 Å². The molecular formula is C19H26N2O4. The number of ether oxygens (including phenoxy) is 1. The van der Waals surface area contributed by atoms with E-state index in [-0.39, 0.29) is 12.3 Å². The largest absolute Gasteiger partial charge is 0.481 e. The number of hydrogen-bond acceptors (Lipinski definition) is 3. The lowest BCUT2D eigenvalue weighted by Gasteiger charge is -2.08. The molecule has 0 spiro atoms. The van der Waals surface area contributed by atoms with Crippen LogP contribution < -0.4 is 5.32 Å². The Kier molecular flexibility index (Phi) is 6.58. The Bertz CT molecular complexity index is 764. The minimum absolute atomic E-state index is 0.126. The highest BCUT2D eigenvalue weighted by molar-refractivity contribution is 5.99. The molecule has 1 heterocycles. The molecule has 0 saturated heterocycles. The van der Waals surface area contributed by atoms with E-state index in [1.807, 2.05) is 18.2 Å². The second-order valence-corrected chi connectivity index (χ2v) is 6.19. The van der Waals surface area contributed by atoms with Crippen LogP contribution >= 0.6 is 0 Å². The summed E-state index contributed by atoms with van der Waals surface area (Å²) in [6.45, 7) is 6.04. The summed E-state index contributed by atoms with van der Waals surface area (Å²) in [4.78, 5) is 22.8. The molecule has 0 unspecified atom stereocenters. The fourth-order valence-electron chi connectivity index (χ4n) is 2.97. The van der Waals surface area contributed by atoms with Gasteiger partial charge >= 0.3 is 5.97 Å². The van der Waals surface area contributed by atoms with Crippen molar-refractivity contribution in [1.29, 1.82) is 0 Å². The SMILES string of the molecule is COCCn1c(C)c(C)c2cc(C(=O)NCCCCC(=O)O)ccc21. The number of methoxy groups -OCH3 is 1. The Morgan fingerprint density at radius 2 is 2.00 bits per heavy atom. The third kappa shape index (κ3) is 4.60. The number of nitrogens with one attached hydrogen (secondary N) is 1. The van der Waals surface area contributed by atoms with E-state index in [9.17, 15) is 9.59 Å². The van der Waals surface area contributed by atoms with Gasteiger partial charge in [-0.1, -0.05) is 0 Å². The van der Waals surface area contributed by atoms with Crippen molar-refractivity contribution < 1.29 is 19.4 Å². The molecule has 136 valence electrons. The predicted octanol–water partition coefficient (Wildman–Crippen LogP) is 2.89. The Balaban J connectivity index is 2.08. The van der Waals surface area contributed by atoms with E-state index in [0.29, 0.717) is 31.6 Å². The topological polar surface area (TPSA) is 80.6 Å². The second kappa shape index (κ2) is 8.67. The molecular weight excluding hydrogens is 320 g/mol. The van der Waals surface area contributed by atoms with Crippen molar-refractivity contribution in [3.8, 4) is 0 Å². The Labute approximate surface area is 147 Å². The maximum absolute atomic E-state index is 12.3. The number of unbranched alkanes of at least 4 members (excludes halogenated alkanes) is 1. The second-order valence-electron chi connectivity index (χ2n) is 6.19. The van der Waals surface area contributed by atoms with Gasteiger partial charge in [-0.05, 0) is 50.5 Å². The van der Waals surface area contributed by atoms with Crippen molar-refractivity contribution in [2.45, 2.75) is 39.7 Å². The Morgan fingerprint density at radius 1 is 1.24 bits per heavy atom. The van der Waals surface area contributed by atoms with E-state index < -0.39 is 5.97 Å². The van der Waals surface area contributed by atoms with Gasteiger partial charge < -0.3 is 19.7 Å². The summed E-state index contributed by atoms with van der Waals surface area (Å²) >= 11 is 0. The number of carbonyl (C=O) groups is 2. The first-order chi connectivity index (χ1) is 12.0. The molecule has 2 aromatic rings. The van der Waals surface area contributed by atoms with E-state index in [4.69, 9.17) is 9.84 Å². The normalized spacial score (nSPS) is 11.0. The number of aliphatic carboxylic acids is 1. The summed E-state index contributed by atoms with van der Waals surface area (Å²) in [5.41, 5.74) is 4.07. The molecule has 2 rings (SSSR count). The average Bonchev–Trinajstić information content (AvgIpc) is 2.83. The van der Waals surface area contributed by atoms with Gasteiger partial charge in [0.05, 0.1) is 6.61 Å². The fraction of sp³-hybridized carbons (Fsp3) is 0.474. The molecule has 25 heavy (non-hydrogen) atoms. The molecule has 1 amide bonds. The smallest absolute Gasteiger partial charge is 0.303 e. The zero-order chi connectivity index (χ0) is 18.4. The standard InChI is InChI=1S/C19H26N2O4/c1-13-14(2)21(10-11-25-3)17-8-7-15(12-16(13)17)19(24)20-9-5-4-6-18(22)23/h7-8,12H,4-6,9-11H2,1-3H3,(H,20,24)(H,22,23). The lowest BCUT2D eigenvalue weighted by Crippen LogP contribution is -2.24. The molecule has 0 aliphatic heterocycles. The maximum Gasteiger partial charge on any atom is 0.303 e. The van der Waals surface area contributed by atoms with Crippen molar-refractivity contribution >= 4 is 22.8 Å². The number of carboxylic acid groups (broad SMARTS) is 1. The molecule has 0 radical (unpaired) electrons. The molecule has 0 aliphatic rings. The first-order valence-corrected chi connectivity index (χ1v) is 8.54. The first-order valence-electron chi connectivity index (χ1n) is 8.54. The highest BCUT2D eigenvalue weighted by Crippen LogP contribution is 2.26. The van der Waals surface area contributed by atoms with Gasteiger partial charge in [-0.25, -0.2) is 0 Å². The van der Waals surface area contributed by atoms with Gasteiger partial charge in [0.15, 0.2) is 0 Å². The van der Waals surface area contributed by atoms with Gasteiger partial charge in [-0.15, -0.1) is 0 Å². The van der Waals surface area contributed by atoms with Crippen LogP contribution in [0.3, 0.4) is 0 Å². The van der Waals surface area contributed by atoms with Crippen molar-refractivity contribution in [3.05, 3.63) is 35.0 Å². The number of amides is 1. The van der Waals surface area contributed by atoms with Gasteiger partial charge in [-0.2, -0.15) is 0 Å². The van der Waals surface area contributed by atoms with Gasteiger partial charge in [0.1, 0.15) is 0 Å². The Hall–Kier alpha value is -2.34. The van der Waals surface area contributed by atoms with Crippen LogP contribution in [0.4, 0.5) is 0 Å². The fourth-order valence-corrected chi connectivity index (χ4v) is 2.97. The van der Waals surface area contributed by atoms with E-state index >= 15 is 0 Å². The molecule has 0 bridgehead atoms. The minimum atomic E-state index is -0.805. The van der Waals surface area contributed by atoms with Crippen molar-refractivity contribution in [3.63, 3.8) is 0 Å². The number of fused-ring (bicyclic) bond motifs is 1. The lowest BCUT2D eigenvalue weighted by molar-refractivity contribution is -0.137. The highest BCUT2D eigenvalue weighted by atomic mass is 16.5. The lowest BCUT2D eigenvalue weighted by atomic mass is 10.1. The van der Waals surface area contributed by atoms with E-state index in [1.165, 1.54) is 11.3 Å². The Morgan fingerprint density at radius 3 is 2.68 bits per heavy atom. The number of aryl methyl sites for hydroxylation is 1. The van der Waals surface area contributed by atoms with Crippen LogP contribution in [0.2, 0.25) is 0 Å². The number of carboxylic acids is 1. The summed E-state index contributed by atoms with van der Waals surface area (Å²) in [7, 11) is 1.69. The van der Waals surface area contributed by atoms with Gasteiger partial charge in [0.2, 0.25) is 0 Å². The number of carbonyl (C=O) groups excluding carboxylic acids is 1. The number of nitrogens with zero attached hydrogens (tertiary/aromatic N) is 1. The van der Waals surface area contributed by atoms with Gasteiger partial charge in [-0.3, -0.25) is 9.59 Å². The molecule has 1 aromatic carbocycles. The van der Waals surface area contributed by atoms with Crippen LogP contribution in [-0.2, 0) is 16.1 Å².